The maximum Gasteiger partial charge on any atom is 0.260 e. The Balaban J connectivity index is 3.07. The van der Waals surface area contributed by atoms with E-state index in [0.717, 1.165) is 0 Å². The zero-order valence-electron chi connectivity index (χ0n) is 11.1. The standard InChI is InChI=1S/C10H20N4O3S/c1-7-8(5-11)9(13-12-7)18(15,16)14-10(2,3)6-17-4/h14H,5-6,11H2,1-4H3,(H,12,13). The normalized spacial score (nSPS) is 12.9. The summed E-state index contributed by atoms with van der Waals surface area (Å²) in [5, 5.41) is 6.39. The van der Waals surface area contributed by atoms with Crippen LogP contribution in [0.5, 0.6) is 0 Å². The molecule has 0 atom stereocenters. The molecular formula is C10H20N4O3S. The molecule has 104 valence electrons. The number of sulfonamides is 1. The van der Waals surface area contributed by atoms with E-state index >= 15 is 0 Å². The fourth-order valence-electron chi connectivity index (χ4n) is 1.70. The van der Waals surface area contributed by atoms with Gasteiger partial charge >= 0.3 is 0 Å². The lowest BCUT2D eigenvalue weighted by molar-refractivity contribution is 0.141. The van der Waals surface area contributed by atoms with Crippen LogP contribution >= 0.6 is 0 Å². The maximum absolute atomic E-state index is 12.2. The van der Waals surface area contributed by atoms with Crippen LogP contribution in [0.15, 0.2) is 5.03 Å². The number of methoxy groups -OCH3 is 1. The van der Waals surface area contributed by atoms with E-state index in [1.165, 1.54) is 7.11 Å². The zero-order valence-corrected chi connectivity index (χ0v) is 11.9. The van der Waals surface area contributed by atoms with Crippen LogP contribution in [0, 0.1) is 6.92 Å². The van der Waals surface area contributed by atoms with Gasteiger partial charge < -0.3 is 10.5 Å². The van der Waals surface area contributed by atoms with Gasteiger partial charge in [0.15, 0.2) is 5.03 Å². The molecule has 0 fully saturated rings. The lowest BCUT2D eigenvalue weighted by atomic mass is 10.1. The minimum atomic E-state index is -3.71. The monoisotopic (exact) mass is 276 g/mol. The van der Waals surface area contributed by atoms with E-state index in [0.29, 0.717) is 11.3 Å². The summed E-state index contributed by atoms with van der Waals surface area (Å²) in [6, 6.07) is 0. The van der Waals surface area contributed by atoms with Crippen LogP contribution in [-0.2, 0) is 21.3 Å². The van der Waals surface area contributed by atoms with Gasteiger partial charge in [0.1, 0.15) is 0 Å². The Hall–Kier alpha value is -0.960. The minimum absolute atomic E-state index is 0.0494. The highest BCUT2D eigenvalue weighted by molar-refractivity contribution is 7.89. The summed E-state index contributed by atoms with van der Waals surface area (Å²) in [7, 11) is -2.20. The number of hydrogen-bond donors (Lipinski definition) is 3. The summed E-state index contributed by atoms with van der Waals surface area (Å²) in [4.78, 5) is 0. The SMILES string of the molecule is COCC(C)(C)NS(=O)(=O)c1n[nH]c(C)c1CN. The molecule has 1 aromatic rings. The molecule has 0 unspecified atom stereocenters. The molecule has 0 saturated heterocycles. The van der Waals surface area contributed by atoms with Gasteiger partial charge in [-0.3, -0.25) is 5.10 Å². The van der Waals surface area contributed by atoms with Gasteiger partial charge in [-0.25, -0.2) is 13.1 Å². The molecule has 4 N–H and O–H groups in total. The van der Waals surface area contributed by atoms with Crippen LogP contribution in [0.3, 0.4) is 0 Å². The van der Waals surface area contributed by atoms with Crippen LogP contribution in [-0.4, -0.2) is 37.9 Å². The molecular weight excluding hydrogens is 256 g/mol. The zero-order chi connectivity index (χ0) is 14.0. The van der Waals surface area contributed by atoms with Crippen LogP contribution in [0.2, 0.25) is 0 Å². The quantitative estimate of drug-likeness (QED) is 0.671. The van der Waals surface area contributed by atoms with E-state index in [4.69, 9.17) is 10.5 Å². The average molecular weight is 276 g/mol. The van der Waals surface area contributed by atoms with E-state index in [1.807, 2.05) is 0 Å². The van der Waals surface area contributed by atoms with Gasteiger partial charge in [-0.05, 0) is 20.8 Å². The van der Waals surface area contributed by atoms with E-state index in [9.17, 15) is 8.42 Å². The summed E-state index contributed by atoms with van der Waals surface area (Å²) in [5.74, 6) is 0. The molecule has 8 heteroatoms. The Morgan fingerprint density at radius 2 is 2.11 bits per heavy atom. The summed E-state index contributed by atoms with van der Waals surface area (Å²) >= 11 is 0. The number of hydrogen-bond acceptors (Lipinski definition) is 5. The van der Waals surface area contributed by atoms with Crippen molar-refractivity contribution in [2.24, 2.45) is 5.73 Å². The first-order valence-corrected chi connectivity index (χ1v) is 6.98. The molecule has 0 aliphatic rings. The van der Waals surface area contributed by atoms with Crippen molar-refractivity contribution in [3.63, 3.8) is 0 Å². The van der Waals surface area contributed by atoms with Gasteiger partial charge in [0.05, 0.1) is 12.1 Å². The summed E-state index contributed by atoms with van der Waals surface area (Å²) < 4.78 is 31.9. The van der Waals surface area contributed by atoms with E-state index < -0.39 is 15.6 Å². The third-order valence-corrected chi connectivity index (χ3v) is 4.08. The molecule has 7 nitrogen and oxygen atoms in total. The molecule has 18 heavy (non-hydrogen) atoms. The molecule has 0 saturated carbocycles. The number of aromatic amines is 1. The Morgan fingerprint density at radius 1 is 1.50 bits per heavy atom. The predicted octanol–water partition coefficient (Wildman–Crippen LogP) is -0.120. The van der Waals surface area contributed by atoms with Crippen molar-refractivity contribution in [3.05, 3.63) is 11.3 Å². The molecule has 0 radical (unpaired) electrons. The molecule has 0 bridgehead atoms. The third-order valence-electron chi connectivity index (χ3n) is 2.41. The van der Waals surface area contributed by atoms with Crippen LogP contribution in [0.1, 0.15) is 25.1 Å². The Kier molecular flexibility index (Phi) is 4.49. The average Bonchev–Trinajstić information content (AvgIpc) is 2.58. The summed E-state index contributed by atoms with van der Waals surface area (Å²) in [5.41, 5.74) is 5.97. The van der Waals surface area contributed by atoms with Crippen molar-refractivity contribution in [1.29, 1.82) is 0 Å². The molecule has 1 heterocycles. The summed E-state index contributed by atoms with van der Waals surface area (Å²) in [6.07, 6.45) is 0. The maximum atomic E-state index is 12.2. The van der Waals surface area contributed by atoms with Gasteiger partial charge in [0.2, 0.25) is 0 Å². The number of H-pyrrole nitrogens is 1. The van der Waals surface area contributed by atoms with Gasteiger partial charge in [-0.15, -0.1) is 0 Å². The highest BCUT2D eigenvalue weighted by Gasteiger charge is 2.30. The molecule has 0 aliphatic carbocycles. The predicted molar refractivity (Wildman–Crippen MR) is 67.5 cm³/mol. The van der Waals surface area contributed by atoms with E-state index in [-0.39, 0.29) is 18.2 Å². The smallest absolute Gasteiger partial charge is 0.260 e. The number of nitrogens with one attached hydrogen (secondary N) is 2. The second-order valence-corrected chi connectivity index (χ2v) is 6.36. The van der Waals surface area contributed by atoms with Crippen LogP contribution in [0.4, 0.5) is 0 Å². The fourth-order valence-corrected chi connectivity index (χ4v) is 3.30. The van der Waals surface area contributed by atoms with Gasteiger partial charge in [-0.2, -0.15) is 5.10 Å². The Morgan fingerprint density at radius 3 is 2.61 bits per heavy atom. The summed E-state index contributed by atoms with van der Waals surface area (Å²) in [6.45, 7) is 5.57. The van der Waals surface area contributed by atoms with E-state index in [1.54, 1.807) is 20.8 Å². The lowest BCUT2D eigenvalue weighted by Crippen LogP contribution is -2.47. The molecule has 1 rings (SSSR count). The van der Waals surface area contributed by atoms with Gasteiger partial charge in [0, 0.05) is 24.9 Å². The third kappa shape index (κ3) is 3.29. The van der Waals surface area contributed by atoms with E-state index in [2.05, 4.69) is 14.9 Å². The second kappa shape index (κ2) is 5.35. The van der Waals surface area contributed by atoms with Crippen LogP contribution < -0.4 is 10.5 Å². The highest BCUT2D eigenvalue weighted by Crippen LogP contribution is 2.17. The molecule has 1 aromatic heterocycles. The number of aromatic nitrogens is 2. The van der Waals surface area contributed by atoms with Crippen molar-refractivity contribution in [2.45, 2.75) is 37.9 Å². The number of aryl methyl sites for hydroxylation is 1. The van der Waals surface area contributed by atoms with Crippen molar-refractivity contribution in [2.75, 3.05) is 13.7 Å². The number of nitrogens with two attached hydrogens (primary N) is 1. The van der Waals surface area contributed by atoms with Crippen LogP contribution in [0.25, 0.3) is 0 Å². The molecule has 0 amide bonds. The minimum Gasteiger partial charge on any atom is -0.383 e. The largest absolute Gasteiger partial charge is 0.383 e. The van der Waals surface area contributed by atoms with Gasteiger partial charge in [-0.1, -0.05) is 0 Å². The molecule has 0 spiro atoms. The molecule has 0 aromatic carbocycles. The lowest BCUT2D eigenvalue weighted by Gasteiger charge is -2.24. The second-order valence-electron chi connectivity index (χ2n) is 4.76. The first kappa shape index (κ1) is 15.1. The molecule has 0 aliphatic heterocycles. The number of rotatable bonds is 6. The first-order chi connectivity index (χ1) is 8.23. The van der Waals surface area contributed by atoms with Crippen molar-refractivity contribution in [1.82, 2.24) is 14.9 Å². The number of ether oxygens (including phenoxy) is 1. The fraction of sp³-hybridized carbons (Fsp3) is 0.700. The highest BCUT2D eigenvalue weighted by atomic mass is 32.2. The number of nitrogens with zero attached hydrogens (tertiary/aromatic N) is 1. The Labute approximate surface area is 107 Å². The first-order valence-electron chi connectivity index (χ1n) is 5.50. The van der Waals surface area contributed by atoms with Crippen molar-refractivity contribution >= 4 is 10.0 Å². The van der Waals surface area contributed by atoms with Crippen molar-refractivity contribution < 1.29 is 13.2 Å². The van der Waals surface area contributed by atoms with Gasteiger partial charge in [0.25, 0.3) is 10.0 Å². The van der Waals surface area contributed by atoms with Crippen molar-refractivity contribution in [3.8, 4) is 0 Å². The topological polar surface area (TPSA) is 110 Å². The Bertz CT molecular complexity index is 507.